The van der Waals surface area contributed by atoms with Gasteiger partial charge in [-0.05, 0) is 18.2 Å². The highest BCUT2D eigenvalue weighted by molar-refractivity contribution is 9.11. The van der Waals surface area contributed by atoms with Crippen molar-refractivity contribution < 1.29 is 8.42 Å². The van der Waals surface area contributed by atoms with E-state index < -0.39 is 9.84 Å². The first-order chi connectivity index (χ1) is 10.3. The molecule has 0 fully saturated rings. The van der Waals surface area contributed by atoms with Gasteiger partial charge in [0.2, 0.25) is 15.8 Å². The van der Waals surface area contributed by atoms with E-state index in [1.165, 1.54) is 4.52 Å². The standard InChI is InChI=1S/C11H8Br2N6O2S/c1-22(20,21)11-16-9(14)19-10(17-11)15-8(18-19)6-4-5(12)2-3-7(6)13/h2-4H,1H3,(H2,14,15,16,17,18). The van der Waals surface area contributed by atoms with Crippen molar-refractivity contribution in [2.75, 3.05) is 12.0 Å². The maximum atomic E-state index is 11.6. The number of halogens is 2. The predicted octanol–water partition coefficient (Wildman–Crippen LogP) is 1.70. The fourth-order valence-electron chi connectivity index (χ4n) is 1.73. The number of nitrogens with two attached hydrogens (primary N) is 1. The quantitative estimate of drug-likeness (QED) is 0.635. The number of hydrogen-bond acceptors (Lipinski definition) is 7. The van der Waals surface area contributed by atoms with Gasteiger partial charge in [-0.1, -0.05) is 31.9 Å². The van der Waals surface area contributed by atoms with Crippen LogP contribution in [0.2, 0.25) is 0 Å². The Morgan fingerprint density at radius 2 is 1.91 bits per heavy atom. The van der Waals surface area contributed by atoms with Crippen LogP contribution in [-0.2, 0) is 9.84 Å². The number of anilines is 1. The highest BCUT2D eigenvalue weighted by Crippen LogP contribution is 2.29. The smallest absolute Gasteiger partial charge is 0.258 e. The van der Waals surface area contributed by atoms with Crippen molar-refractivity contribution in [2.24, 2.45) is 0 Å². The maximum Gasteiger partial charge on any atom is 0.258 e. The van der Waals surface area contributed by atoms with Crippen LogP contribution >= 0.6 is 31.9 Å². The molecule has 0 saturated carbocycles. The van der Waals surface area contributed by atoms with Crippen LogP contribution in [0, 0.1) is 0 Å². The average molecular weight is 448 g/mol. The van der Waals surface area contributed by atoms with Gasteiger partial charge in [-0.2, -0.15) is 19.5 Å². The van der Waals surface area contributed by atoms with E-state index in [2.05, 4.69) is 51.9 Å². The molecular weight excluding hydrogens is 440 g/mol. The molecule has 0 bridgehead atoms. The number of nitrogen functional groups attached to an aromatic ring is 1. The number of nitrogens with zero attached hydrogens (tertiary/aromatic N) is 5. The van der Waals surface area contributed by atoms with Crippen molar-refractivity contribution in [1.82, 2.24) is 24.6 Å². The second-order valence-electron chi connectivity index (χ2n) is 4.41. The van der Waals surface area contributed by atoms with Gasteiger partial charge in [-0.15, -0.1) is 5.10 Å². The zero-order valence-corrected chi connectivity index (χ0v) is 15.0. The Hall–Kier alpha value is -1.59. The lowest BCUT2D eigenvalue weighted by molar-refractivity contribution is 0.592. The molecular formula is C11H8Br2N6O2S. The number of benzene rings is 1. The molecule has 11 heteroatoms. The molecule has 2 aromatic heterocycles. The molecule has 8 nitrogen and oxygen atoms in total. The van der Waals surface area contributed by atoms with Crippen LogP contribution in [-0.4, -0.2) is 39.2 Å². The first kappa shape index (κ1) is 15.3. The number of rotatable bonds is 2. The lowest BCUT2D eigenvalue weighted by atomic mass is 10.2. The molecule has 1 aromatic carbocycles. The largest absolute Gasteiger partial charge is 0.368 e. The third-order valence-corrected chi connectivity index (χ3v) is 4.74. The van der Waals surface area contributed by atoms with Crippen LogP contribution in [0.25, 0.3) is 17.2 Å². The van der Waals surface area contributed by atoms with E-state index in [1.807, 2.05) is 18.2 Å². The van der Waals surface area contributed by atoms with E-state index in [1.54, 1.807) is 0 Å². The van der Waals surface area contributed by atoms with Crippen LogP contribution in [0.15, 0.2) is 32.3 Å². The summed E-state index contributed by atoms with van der Waals surface area (Å²) < 4.78 is 25.9. The third kappa shape index (κ3) is 2.71. The molecule has 3 aromatic rings. The SMILES string of the molecule is CS(=O)(=O)c1nc(N)n2nc(-c3cc(Br)ccc3Br)nc2n1. The minimum absolute atomic E-state index is 0.0646. The molecule has 0 unspecified atom stereocenters. The highest BCUT2D eigenvalue weighted by atomic mass is 79.9. The molecule has 3 rings (SSSR count). The Labute approximate surface area is 142 Å². The fraction of sp³-hybridized carbons (Fsp3) is 0.0909. The topological polar surface area (TPSA) is 116 Å². The van der Waals surface area contributed by atoms with E-state index >= 15 is 0 Å². The lowest BCUT2D eigenvalue weighted by Gasteiger charge is -2.00. The lowest BCUT2D eigenvalue weighted by Crippen LogP contribution is -2.11. The summed E-state index contributed by atoms with van der Waals surface area (Å²) in [5.41, 5.74) is 6.45. The summed E-state index contributed by atoms with van der Waals surface area (Å²) in [6, 6.07) is 5.52. The van der Waals surface area contributed by atoms with E-state index in [0.29, 0.717) is 11.4 Å². The molecule has 0 aliphatic carbocycles. The summed E-state index contributed by atoms with van der Waals surface area (Å²) in [6.07, 6.45) is 1.00. The summed E-state index contributed by atoms with van der Waals surface area (Å²) >= 11 is 6.79. The van der Waals surface area contributed by atoms with Crippen LogP contribution in [0.1, 0.15) is 0 Å². The van der Waals surface area contributed by atoms with Gasteiger partial charge in [-0.25, -0.2) is 8.42 Å². The Kier molecular flexibility index (Phi) is 3.65. The normalized spacial score (nSPS) is 12.0. The first-order valence-electron chi connectivity index (χ1n) is 5.81. The fourth-order valence-corrected chi connectivity index (χ4v) is 3.03. The van der Waals surface area contributed by atoms with Crippen molar-refractivity contribution in [2.45, 2.75) is 5.16 Å². The van der Waals surface area contributed by atoms with Gasteiger partial charge in [0.1, 0.15) is 0 Å². The maximum absolute atomic E-state index is 11.6. The summed E-state index contributed by atoms with van der Waals surface area (Å²) in [5.74, 6) is 0.310. The van der Waals surface area contributed by atoms with Crippen molar-refractivity contribution in [1.29, 1.82) is 0 Å². The van der Waals surface area contributed by atoms with Crippen LogP contribution in [0.5, 0.6) is 0 Å². The van der Waals surface area contributed by atoms with Crippen molar-refractivity contribution in [3.8, 4) is 11.4 Å². The Morgan fingerprint density at radius 3 is 2.59 bits per heavy atom. The number of aromatic nitrogens is 5. The van der Waals surface area contributed by atoms with Crippen molar-refractivity contribution in [3.05, 3.63) is 27.1 Å². The van der Waals surface area contributed by atoms with Crippen LogP contribution in [0.3, 0.4) is 0 Å². The van der Waals surface area contributed by atoms with Crippen LogP contribution < -0.4 is 5.73 Å². The molecule has 0 atom stereocenters. The zero-order chi connectivity index (χ0) is 16.1. The molecule has 2 heterocycles. The van der Waals surface area contributed by atoms with Crippen molar-refractivity contribution in [3.63, 3.8) is 0 Å². The van der Waals surface area contributed by atoms with Gasteiger partial charge < -0.3 is 5.73 Å². The molecule has 0 radical (unpaired) electrons. The van der Waals surface area contributed by atoms with E-state index in [-0.39, 0.29) is 16.9 Å². The monoisotopic (exact) mass is 446 g/mol. The number of sulfone groups is 1. The molecule has 114 valence electrons. The van der Waals surface area contributed by atoms with Gasteiger partial charge >= 0.3 is 0 Å². The van der Waals surface area contributed by atoms with Gasteiger partial charge in [0, 0.05) is 20.8 Å². The first-order valence-corrected chi connectivity index (χ1v) is 9.29. The minimum Gasteiger partial charge on any atom is -0.368 e. The molecule has 0 amide bonds. The predicted molar refractivity (Wildman–Crippen MR) is 86.9 cm³/mol. The summed E-state index contributed by atoms with van der Waals surface area (Å²) in [7, 11) is -3.59. The Balaban J connectivity index is 2.26. The Bertz CT molecular complexity index is 1000. The molecule has 22 heavy (non-hydrogen) atoms. The average Bonchev–Trinajstić information content (AvgIpc) is 2.85. The molecule has 0 aliphatic heterocycles. The molecule has 0 spiro atoms. The molecule has 2 N–H and O–H groups in total. The van der Waals surface area contributed by atoms with Gasteiger partial charge in [0.05, 0.1) is 0 Å². The van der Waals surface area contributed by atoms with E-state index in [4.69, 9.17) is 5.73 Å². The number of hydrogen-bond donors (Lipinski definition) is 1. The minimum atomic E-state index is -3.59. The summed E-state index contributed by atoms with van der Waals surface area (Å²) in [6.45, 7) is 0. The van der Waals surface area contributed by atoms with Gasteiger partial charge in [-0.3, -0.25) is 0 Å². The highest BCUT2D eigenvalue weighted by Gasteiger charge is 2.18. The molecule has 0 aliphatic rings. The summed E-state index contributed by atoms with van der Waals surface area (Å²) in [5, 5.41) is 3.83. The zero-order valence-electron chi connectivity index (χ0n) is 11.0. The van der Waals surface area contributed by atoms with Crippen LogP contribution in [0.4, 0.5) is 5.95 Å². The second kappa shape index (κ2) is 5.25. The van der Waals surface area contributed by atoms with E-state index in [0.717, 1.165) is 15.2 Å². The molecule has 0 saturated heterocycles. The summed E-state index contributed by atoms with van der Waals surface area (Å²) in [4.78, 5) is 11.9. The third-order valence-electron chi connectivity index (χ3n) is 2.71. The van der Waals surface area contributed by atoms with Gasteiger partial charge in [0.25, 0.3) is 10.9 Å². The second-order valence-corrected chi connectivity index (χ2v) is 8.09. The van der Waals surface area contributed by atoms with E-state index in [9.17, 15) is 8.42 Å². The Morgan fingerprint density at radius 1 is 1.18 bits per heavy atom. The number of fused-ring (bicyclic) bond motifs is 1. The van der Waals surface area contributed by atoms with Crippen molar-refractivity contribution >= 4 is 53.4 Å². The van der Waals surface area contributed by atoms with Gasteiger partial charge in [0.15, 0.2) is 5.82 Å².